The highest BCUT2D eigenvalue weighted by molar-refractivity contribution is 9.10. The number of rotatable bonds is 15. The van der Waals surface area contributed by atoms with Crippen LogP contribution in [0, 0.1) is 13.8 Å². The minimum Gasteiger partial charge on any atom is -0.326 e. The molecule has 276 valence electrons. The van der Waals surface area contributed by atoms with Crippen LogP contribution in [0.25, 0.3) is 44.5 Å². The van der Waals surface area contributed by atoms with Crippen LogP contribution in [0.4, 0.5) is 0 Å². The molecule has 0 unspecified atom stereocenters. The maximum absolute atomic E-state index is 5.91. The summed E-state index contributed by atoms with van der Waals surface area (Å²) in [5.74, 6) is 0. The Bertz CT molecular complexity index is 2080. The summed E-state index contributed by atoms with van der Waals surface area (Å²) in [4.78, 5) is 0. The molecule has 2 N–H and O–H groups in total. The molecule has 5 aromatic rings. The van der Waals surface area contributed by atoms with Gasteiger partial charge < -0.3 is 5.73 Å². The highest BCUT2D eigenvalue weighted by Gasteiger charge is 2.47. The Kier molecular flexibility index (Phi) is 11.2. The van der Waals surface area contributed by atoms with Gasteiger partial charge in [-0.3, -0.25) is 0 Å². The van der Waals surface area contributed by atoms with E-state index in [9.17, 15) is 0 Å². The Morgan fingerprint density at radius 2 is 0.868 bits per heavy atom. The molecule has 0 saturated carbocycles. The molecule has 7 rings (SSSR count). The average Bonchev–Trinajstić information content (AvgIpc) is 3.59. The van der Waals surface area contributed by atoms with Gasteiger partial charge in [-0.05, 0) is 153 Å². The van der Waals surface area contributed by atoms with Crippen molar-refractivity contribution in [2.24, 2.45) is 5.73 Å². The minimum absolute atomic E-state index is 0.0168. The Morgan fingerprint density at radius 3 is 1.34 bits per heavy atom. The fourth-order valence-electron chi connectivity index (χ4n) is 10.1. The van der Waals surface area contributed by atoms with Crippen LogP contribution in [0.2, 0.25) is 0 Å². The quantitative estimate of drug-likeness (QED) is 0.113. The zero-order valence-corrected chi connectivity index (χ0v) is 34.8. The summed E-state index contributed by atoms with van der Waals surface area (Å²) in [6.45, 7) is 14.6. The van der Waals surface area contributed by atoms with Gasteiger partial charge in [-0.2, -0.15) is 0 Å². The first kappa shape index (κ1) is 37.8. The number of fused-ring (bicyclic) bond motifs is 6. The van der Waals surface area contributed by atoms with Gasteiger partial charge in [0.15, 0.2) is 0 Å². The highest BCUT2D eigenvalue weighted by Crippen LogP contribution is 2.61. The number of unbranched alkanes of at least 4 members (excludes halogenated alkanes) is 4. The maximum Gasteiger partial charge on any atom is 0.0215 e. The molecule has 0 spiro atoms. The lowest BCUT2D eigenvalue weighted by atomic mass is 9.68. The topological polar surface area (TPSA) is 26.0 Å². The molecule has 0 fully saturated rings. The molecule has 0 radical (unpaired) electrons. The molecule has 1 nitrogen and oxygen atoms in total. The third-order valence-electron chi connectivity index (χ3n) is 13.0. The zero-order chi connectivity index (χ0) is 37.3. The van der Waals surface area contributed by atoms with Gasteiger partial charge >= 0.3 is 0 Å². The molecule has 0 heterocycles. The van der Waals surface area contributed by atoms with Crippen molar-refractivity contribution in [2.45, 2.75) is 136 Å². The van der Waals surface area contributed by atoms with E-state index < -0.39 is 0 Å². The largest absolute Gasteiger partial charge is 0.326 e. The van der Waals surface area contributed by atoms with Crippen LogP contribution in [0.1, 0.15) is 144 Å². The van der Waals surface area contributed by atoms with E-state index in [2.05, 4.69) is 142 Å². The third-order valence-corrected chi connectivity index (χ3v) is 13.5. The normalized spacial score (nSPS) is 14.6. The van der Waals surface area contributed by atoms with E-state index in [1.807, 2.05) is 0 Å². The van der Waals surface area contributed by atoms with Crippen molar-refractivity contribution in [2.75, 3.05) is 0 Å². The van der Waals surface area contributed by atoms with Gasteiger partial charge in [-0.1, -0.05) is 150 Å². The second-order valence-corrected chi connectivity index (χ2v) is 17.3. The summed E-state index contributed by atoms with van der Waals surface area (Å²) in [5, 5.41) is 0. The van der Waals surface area contributed by atoms with E-state index >= 15 is 0 Å². The van der Waals surface area contributed by atoms with Gasteiger partial charge in [-0.15, -0.1) is 0 Å². The van der Waals surface area contributed by atoms with Gasteiger partial charge in [-0.25, -0.2) is 0 Å². The number of halogens is 1. The summed E-state index contributed by atoms with van der Waals surface area (Å²) in [6.07, 6.45) is 14.7. The first-order valence-electron chi connectivity index (χ1n) is 20.8. The fraction of sp³-hybridized carbons (Fsp3) is 0.412. The van der Waals surface area contributed by atoms with E-state index in [1.54, 1.807) is 22.3 Å². The van der Waals surface area contributed by atoms with Crippen molar-refractivity contribution in [1.29, 1.82) is 0 Å². The highest BCUT2D eigenvalue weighted by atomic mass is 79.9. The Balaban J connectivity index is 1.42. The maximum atomic E-state index is 5.91. The number of nitrogens with two attached hydrogens (primary N) is 1. The van der Waals surface area contributed by atoms with Crippen LogP contribution in [-0.2, 0) is 17.4 Å². The van der Waals surface area contributed by atoms with Gasteiger partial charge in [0.25, 0.3) is 0 Å². The number of hydrogen-bond acceptors (Lipinski definition) is 1. The molecule has 2 aliphatic carbocycles. The minimum atomic E-state index is 0.0168. The molecule has 0 aliphatic heterocycles. The first-order valence-corrected chi connectivity index (χ1v) is 21.6. The Hall–Kier alpha value is -3.46. The molecular formula is C51H60BrN. The first-order chi connectivity index (χ1) is 25.7. The molecule has 0 saturated heterocycles. The molecule has 0 amide bonds. The molecular weight excluding hydrogens is 706 g/mol. The van der Waals surface area contributed by atoms with Crippen LogP contribution >= 0.6 is 15.9 Å². The molecule has 0 atom stereocenters. The van der Waals surface area contributed by atoms with E-state index in [1.165, 1.54) is 143 Å². The summed E-state index contributed by atoms with van der Waals surface area (Å²) in [7, 11) is 0. The van der Waals surface area contributed by atoms with E-state index in [0.29, 0.717) is 6.54 Å². The smallest absolute Gasteiger partial charge is 0.0215 e. The van der Waals surface area contributed by atoms with Gasteiger partial charge in [0.2, 0.25) is 0 Å². The Labute approximate surface area is 329 Å². The second-order valence-electron chi connectivity index (χ2n) is 16.4. The SMILES string of the molecule is CCCCC1(CCCC)c2cc(Br)ccc2-c2cc3c(cc21)-c1ccc(-c2cc(C)c(-c4ccc(CN)cc4)cc2C)cc1C3(CCCC)CCCC. The molecule has 2 heteroatoms. The van der Waals surface area contributed by atoms with Crippen LogP contribution in [0.15, 0.2) is 89.4 Å². The van der Waals surface area contributed by atoms with E-state index in [-0.39, 0.29) is 10.8 Å². The van der Waals surface area contributed by atoms with E-state index in [0.717, 1.165) is 0 Å². The lowest BCUT2D eigenvalue weighted by Gasteiger charge is -2.34. The predicted octanol–water partition coefficient (Wildman–Crippen LogP) is 15.2. The number of benzene rings is 5. The molecule has 2 aliphatic rings. The molecule has 53 heavy (non-hydrogen) atoms. The lowest BCUT2D eigenvalue weighted by Crippen LogP contribution is -2.27. The monoisotopic (exact) mass is 765 g/mol. The number of hydrogen-bond donors (Lipinski definition) is 1. The van der Waals surface area contributed by atoms with Crippen molar-refractivity contribution in [1.82, 2.24) is 0 Å². The van der Waals surface area contributed by atoms with Crippen molar-refractivity contribution < 1.29 is 0 Å². The summed E-state index contributed by atoms with van der Waals surface area (Å²) >= 11 is 3.90. The average molecular weight is 767 g/mol. The van der Waals surface area contributed by atoms with E-state index in [4.69, 9.17) is 5.73 Å². The Morgan fingerprint density at radius 1 is 0.453 bits per heavy atom. The molecule has 5 aromatic carbocycles. The van der Waals surface area contributed by atoms with Crippen LogP contribution < -0.4 is 5.73 Å². The predicted molar refractivity (Wildman–Crippen MR) is 233 cm³/mol. The lowest BCUT2D eigenvalue weighted by molar-refractivity contribution is 0.410. The van der Waals surface area contributed by atoms with Crippen LogP contribution in [0.5, 0.6) is 0 Å². The van der Waals surface area contributed by atoms with Crippen molar-refractivity contribution in [3.8, 4) is 44.5 Å². The van der Waals surface area contributed by atoms with Crippen LogP contribution in [0.3, 0.4) is 0 Å². The van der Waals surface area contributed by atoms with Gasteiger partial charge in [0, 0.05) is 21.8 Å². The summed E-state index contributed by atoms with van der Waals surface area (Å²) < 4.78 is 1.20. The zero-order valence-electron chi connectivity index (χ0n) is 33.2. The third kappa shape index (κ3) is 6.57. The van der Waals surface area contributed by atoms with Gasteiger partial charge in [0.1, 0.15) is 0 Å². The molecule has 0 aromatic heterocycles. The summed E-state index contributed by atoms with van der Waals surface area (Å²) in [5.41, 5.74) is 27.3. The summed E-state index contributed by atoms with van der Waals surface area (Å²) in [6, 6.07) is 33.7. The van der Waals surface area contributed by atoms with Crippen LogP contribution in [-0.4, -0.2) is 0 Å². The standard InChI is InChI=1S/C51H60BrN/c1-7-11-23-50(24-12-8-2)46-29-38(43-28-34(5)42(27-35(43)6)37-17-15-36(33-53)16-18-37)19-21-40(46)44-31-49-45(32-48(44)50)41-22-20-39(52)30-47(41)51(49,25-13-9-3)26-14-10-4/h15-22,27-32H,7-14,23-26,33,53H2,1-6H3. The van der Waals surface area contributed by atoms with Crippen molar-refractivity contribution in [3.05, 3.63) is 128 Å². The number of aryl methyl sites for hydroxylation is 2. The molecule has 0 bridgehead atoms. The van der Waals surface area contributed by atoms with Crippen molar-refractivity contribution >= 4 is 15.9 Å². The van der Waals surface area contributed by atoms with Crippen molar-refractivity contribution in [3.63, 3.8) is 0 Å². The fourth-order valence-corrected chi connectivity index (χ4v) is 10.5. The van der Waals surface area contributed by atoms with Gasteiger partial charge in [0.05, 0.1) is 0 Å². The second kappa shape index (κ2) is 15.7.